The van der Waals surface area contributed by atoms with Gasteiger partial charge in [0.05, 0.1) is 0 Å². The molecule has 0 fully saturated rings. The van der Waals surface area contributed by atoms with Crippen LogP contribution >= 0.6 is 12.4 Å². The Kier molecular flexibility index (Phi) is 3.75. The zero-order valence-electron chi connectivity index (χ0n) is 12.4. The second-order valence-corrected chi connectivity index (χ2v) is 5.07. The van der Waals surface area contributed by atoms with E-state index in [1.807, 2.05) is 60.4 Å². The Labute approximate surface area is 139 Å². The summed E-state index contributed by atoms with van der Waals surface area (Å²) >= 11 is 0. The minimum atomic E-state index is 0. The molecule has 4 aromatic rings. The summed E-state index contributed by atoms with van der Waals surface area (Å²) in [7, 11) is 1.90. The predicted molar refractivity (Wildman–Crippen MR) is 92.3 cm³/mol. The van der Waals surface area contributed by atoms with Gasteiger partial charge in [-0.3, -0.25) is 0 Å². The number of hydrogen-bond donors (Lipinski definition) is 1. The van der Waals surface area contributed by atoms with Gasteiger partial charge in [-0.15, -0.1) is 17.5 Å². The molecule has 0 saturated carbocycles. The van der Waals surface area contributed by atoms with Gasteiger partial charge in [0.2, 0.25) is 5.82 Å². The monoisotopic (exact) mass is 326 g/mol. The van der Waals surface area contributed by atoms with Gasteiger partial charge in [-0.25, -0.2) is 14.5 Å². The number of anilines is 1. The number of nitrogens with two attached hydrogens (primary N) is 1. The van der Waals surface area contributed by atoms with E-state index in [2.05, 4.69) is 15.1 Å². The largest absolute Gasteiger partial charge is 0.382 e. The molecule has 0 bridgehead atoms. The van der Waals surface area contributed by atoms with Gasteiger partial charge in [-0.2, -0.15) is 0 Å². The number of imidazole rings is 1. The van der Waals surface area contributed by atoms with Crippen molar-refractivity contribution < 1.29 is 0 Å². The van der Waals surface area contributed by atoms with Crippen LogP contribution in [0.2, 0.25) is 0 Å². The predicted octanol–water partition coefficient (Wildman–Crippen LogP) is 2.80. The normalized spacial score (nSPS) is 10.7. The first-order valence-corrected chi connectivity index (χ1v) is 6.92. The number of fused-ring (bicyclic) bond motifs is 1. The third-order valence-electron chi connectivity index (χ3n) is 3.64. The van der Waals surface area contributed by atoms with Crippen molar-refractivity contribution in [1.82, 2.24) is 24.1 Å². The van der Waals surface area contributed by atoms with Crippen molar-refractivity contribution in [1.29, 1.82) is 0 Å². The molecule has 3 aromatic heterocycles. The summed E-state index contributed by atoms with van der Waals surface area (Å²) in [5.74, 6) is 1.63. The number of aryl methyl sites for hydroxylation is 1. The van der Waals surface area contributed by atoms with Gasteiger partial charge in [0.25, 0.3) is 0 Å². The number of aromatic nitrogens is 5. The number of hydrogen-bond acceptors (Lipinski definition) is 4. The highest BCUT2D eigenvalue weighted by Gasteiger charge is 2.14. The summed E-state index contributed by atoms with van der Waals surface area (Å²) in [6.07, 6.45) is 5.45. The third-order valence-corrected chi connectivity index (χ3v) is 3.64. The van der Waals surface area contributed by atoms with Crippen molar-refractivity contribution in [2.75, 3.05) is 5.73 Å². The van der Waals surface area contributed by atoms with Crippen LogP contribution in [0, 0.1) is 0 Å². The standard InChI is InChI=1S/C16H14N6.ClH/c1-21-10-8-18-16(21)15-19-14(17)13-12(7-9-22(13)20-15)11-5-3-2-4-6-11;/h2-10H,1H3,(H2,17,19,20);1H. The average molecular weight is 327 g/mol. The molecular weight excluding hydrogens is 312 g/mol. The number of halogens is 1. The molecule has 23 heavy (non-hydrogen) atoms. The van der Waals surface area contributed by atoms with Crippen LogP contribution in [-0.4, -0.2) is 24.1 Å². The molecule has 0 saturated heterocycles. The van der Waals surface area contributed by atoms with Crippen LogP contribution in [0.15, 0.2) is 55.0 Å². The molecule has 2 N–H and O–H groups in total. The van der Waals surface area contributed by atoms with Crippen molar-refractivity contribution in [3.8, 4) is 22.8 Å². The molecule has 6 nitrogen and oxygen atoms in total. The lowest BCUT2D eigenvalue weighted by Crippen LogP contribution is -2.05. The highest BCUT2D eigenvalue weighted by molar-refractivity contribution is 5.87. The Bertz CT molecular complexity index is 957. The Hall–Kier alpha value is -2.86. The molecule has 0 spiro atoms. The molecule has 0 amide bonds. The molecule has 0 unspecified atom stereocenters. The molecule has 0 aliphatic carbocycles. The van der Waals surface area contributed by atoms with Gasteiger partial charge in [0.15, 0.2) is 11.6 Å². The second-order valence-electron chi connectivity index (χ2n) is 5.07. The van der Waals surface area contributed by atoms with E-state index in [0.717, 1.165) is 16.6 Å². The molecule has 0 aliphatic rings. The zero-order valence-corrected chi connectivity index (χ0v) is 13.2. The number of rotatable bonds is 2. The molecule has 116 valence electrons. The smallest absolute Gasteiger partial charge is 0.218 e. The highest BCUT2D eigenvalue weighted by Crippen LogP contribution is 2.29. The van der Waals surface area contributed by atoms with Crippen molar-refractivity contribution in [3.05, 3.63) is 55.0 Å². The Morgan fingerprint density at radius 2 is 1.83 bits per heavy atom. The van der Waals surface area contributed by atoms with Gasteiger partial charge >= 0.3 is 0 Å². The Morgan fingerprint density at radius 1 is 1.04 bits per heavy atom. The maximum atomic E-state index is 6.19. The van der Waals surface area contributed by atoms with E-state index in [4.69, 9.17) is 5.73 Å². The molecular formula is C16H15ClN6. The number of nitrogen functional groups attached to an aromatic ring is 1. The van der Waals surface area contributed by atoms with Crippen LogP contribution in [-0.2, 0) is 7.05 Å². The lowest BCUT2D eigenvalue weighted by molar-refractivity contribution is 0.862. The van der Waals surface area contributed by atoms with Crippen LogP contribution in [0.25, 0.3) is 28.3 Å². The fourth-order valence-electron chi connectivity index (χ4n) is 2.58. The van der Waals surface area contributed by atoms with E-state index >= 15 is 0 Å². The Balaban J connectivity index is 0.00000156. The second kappa shape index (κ2) is 5.73. The summed E-state index contributed by atoms with van der Waals surface area (Å²) in [6, 6.07) is 12.1. The maximum absolute atomic E-state index is 6.19. The van der Waals surface area contributed by atoms with Crippen LogP contribution < -0.4 is 5.73 Å². The van der Waals surface area contributed by atoms with Crippen molar-refractivity contribution in [3.63, 3.8) is 0 Å². The van der Waals surface area contributed by atoms with Gasteiger partial charge in [-0.1, -0.05) is 30.3 Å². The lowest BCUT2D eigenvalue weighted by Gasteiger charge is -2.06. The van der Waals surface area contributed by atoms with Crippen LogP contribution in [0.1, 0.15) is 0 Å². The summed E-state index contributed by atoms with van der Waals surface area (Å²) in [6.45, 7) is 0. The fraction of sp³-hybridized carbons (Fsp3) is 0.0625. The van der Waals surface area contributed by atoms with Crippen LogP contribution in [0.5, 0.6) is 0 Å². The van der Waals surface area contributed by atoms with E-state index in [1.165, 1.54) is 0 Å². The quantitative estimate of drug-likeness (QED) is 0.614. The van der Waals surface area contributed by atoms with Crippen molar-refractivity contribution >= 4 is 23.7 Å². The van der Waals surface area contributed by atoms with Crippen molar-refractivity contribution in [2.45, 2.75) is 0 Å². The van der Waals surface area contributed by atoms with E-state index < -0.39 is 0 Å². The molecule has 7 heteroatoms. The summed E-state index contributed by atoms with van der Waals surface area (Å²) < 4.78 is 3.62. The summed E-state index contributed by atoms with van der Waals surface area (Å²) in [5, 5.41) is 4.53. The molecule has 0 aliphatic heterocycles. The average Bonchev–Trinajstić information content (AvgIpc) is 3.14. The van der Waals surface area contributed by atoms with E-state index in [0.29, 0.717) is 17.5 Å². The summed E-state index contributed by atoms with van der Waals surface area (Å²) in [4.78, 5) is 8.69. The van der Waals surface area contributed by atoms with E-state index in [1.54, 1.807) is 10.7 Å². The van der Waals surface area contributed by atoms with E-state index in [9.17, 15) is 0 Å². The Morgan fingerprint density at radius 3 is 2.52 bits per heavy atom. The minimum absolute atomic E-state index is 0. The molecule has 0 atom stereocenters. The van der Waals surface area contributed by atoms with Gasteiger partial charge < -0.3 is 10.3 Å². The first-order chi connectivity index (χ1) is 10.7. The first-order valence-electron chi connectivity index (χ1n) is 6.92. The van der Waals surface area contributed by atoms with E-state index in [-0.39, 0.29) is 12.4 Å². The van der Waals surface area contributed by atoms with Crippen molar-refractivity contribution in [2.24, 2.45) is 7.05 Å². The number of nitrogens with zero attached hydrogens (tertiary/aromatic N) is 5. The highest BCUT2D eigenvalue weighted by atomic mass is 35.5. The van der Waals surface area contributed by atoms with Gasteiger partial charge in [0, 0.05) is 31.2 Å². The topological polar surface area (TPSA) is 74.0 Å². The number of benzene rings is 1. The molecule has 4 rings (SSSR count). The van der Waals surface area contributed by atoms with Crippen LogP contribution in [0.3, 0.4) is 0 Å². The minimum Gasteiger partial charge on any atom is -0.382 e. The molecule has 0 radical (unpaired) electrons. The van der Waals surface area contributed by atoms with Gasteiger partial charge in [-0.05, 0) is 11.6 Å². The summed E-state index contributed by atoms with van der Waals surface area (Å²) in [5.41, 5.74) is 9.10. The lowest BCUT2D eigenvalue weighted by atomic mass is 10.1. The third kappa shape index (κ3) is 2.43. The molecule has 3 heterocycles. The maximum Gasteiger partial charge on any atom is 0.218 e. The SMILES string of the molecule is Cl.Cn1ccnc1-c1nc(N)c2c(-c3ccccc3)ccn2n1. The fourth-order valence-corrected chi connectivity index (χ4v) is 2.58. The molecule has 1 aromatic carbocycles. The zero-order chi connectivity index (χ0) is 15.1. The first kappa shape index (κ1) is 15.1. The van der Waals surface area contributed by atoms with Gasteiger partial charge in [0.1, 0.15) is 5.52 Å². The van der Waals surface area contributed by atoms with Crippen LogP contribution in [0.4, 0.5) is 5.82 Å².